The molecule has 0 saturated carbocycles. The Kier molecular flexibility index (Phi) is 6.39. The number of benzene rings is 2. The maximum Gasteiger partial charge on any atom is 0.255 e. The van der Waals surface area contributed by atoms with Crippen LogP contribution in [0.5, 0.6) is 5.75 Å². The zero-order chi connectivity index (χ0) is 19.3. The zero-order valence-electron chi connectivity index (χ0n) is 15.4. The van der Waals surface area contributed by atoms with Gasteiger partial charge in [-0.05, 0) is 62.7 Å². The van der Waals surface area contributed by atoms with Gasteiger partial charge in [0.05, 0.1) is 17.2 Å². The lowest BCUT2D eigenvalue weighted by atomic mass is 10.1. The third-order valence-electron chi connectivity index (χ3n) is 4.04. The molecule has 7 heteroatoms. The second-order valence-electron chi connectivity index (χ2n) is 5.92. The summed E-state index contributed by atoms with van der Waals surface area (Å²) in [5.74, 6) is 0.183. The van der Waals surface area contributed by atoms with Gasteiger partial charge in [0.2, 0.25) is 10.0 Å². The Morgan fingerprint density at radius 2 is 1.85 bits per heavy atom. The van der Waals surface area contributed by atoms with Gasteiger partial charge in [-0.3, -0.25) is 4.79 Å². The minimum atomic E-state index is -3.66. The molecule has 0 saturated heterocycles. The van der Waals surface area contributed by atoms with Crippen LogP contribution in [0.25, 0.3) is 0 Å². The number of para-hydroxylation sites is 2. The summed E-state index contributed by atoms with van der Waals surface area (Å²) >= 11 is 0. The molecule has 6 nitrogen and oxygen atoms in total. The highest BCUT2D eigenvalue weighted by molar-refractivity contribution is 7.89. The van der Waals surface area contributed by atoms with E-state index in [1.54, 1.807) is 38.1 Å². The molecule has 0 aliphatic heterocycles. The fourth-order valence-corrected chi connectivity index (χ4v) is 3.52. The number of anilines is 1. The largest absolute Gasteiger partial charge is 0.491 e. The van der Waals surface area contributed by atoms with Crippen molar-refractivity contribution in [3.8, 4) is 5.75 Å². The Morgan fingerprint density at radius 1 is 1.15 bits per heavy atom. The predicted octanol–water partition coefficient (Wildman–Crippen LogP) is 3.25. The fraction of sp³-hybridized carbons (Fsp3) is 0.316. The Bertz CT molecular complexity index is 908. The van der Waals surface area contributed by atoms with Crippen LogP contribution in [0.2, 0.25) is 0 Å². The lowest BCUT2D eigenvalue weighted by molar-refractivity contribution is 0.102. The van der Waals surface area contributed by atoms with Gasteiger partial charge in [0, 0.05) is 5.56 Å². The standard InChI is InChI=1S/C19H24N2O4S/c1-5-10-25-17-9-7-6-8-16(17)21-19(22)15-11-13(2)14(3)18(12-15)26(23,24)20-4/h6-9,11-12,20H,5,10H2,1-4H3,(H,21,22). The summed E-state index contributed by atoms with van der Waals surface area (Å²) in [6, 6.07) is 10.2. The van der Waals surface area contributed by atoms with Gasteiger partial charge in [-0.1, -0.05) is 19.1 Å². The minimum Gasteiger partial charge on any atom is -0.491 e. The van der Waals surface area contributed by atoms with Gasteiger partial charge >= 0.3 is 0 Å². The van der Waals surface area contributed by atoms with Gasteiger partial charge in [0.1, 0.15) is 5.75 Å². The van der Waals surface area contributed by atoms with Crippen molar-refractivity contribution < 1.29 is 17.9 Å². The quantitative estimate of drug-likeness (QED) is 0.777. The third-order valence-corrected chi connectivity index (χ3v) is 5.58. The highest BCUT2D eigenvalue weighted by Gasteiger charge is 2.20. The number of carbonyl (C=O) groups excluding carboxylic acids is 1. The molecule has 2 aromatic carbocycles. The van der Waals surface area contributed by atoms with Crippen molar-refractivity contribution >= 4 is 21.6 Å². The van der Waals surface area contributed by atoms with Gasteiger partial charge in [-0.2, -0.15) is 0 Å². The Labute approximate surface area is 154 Å². The summed E-state index contributed by atoms with van der Waals surface area (Å²) in [4.78, 5) is 12.8. The first-order valence-corrected chi connectivity index (χ1v) is 9.86. The molecule has 0 unspecified atom stereocenters. The van der Waals surface area contributed by atoms with Gasteiger partial charge < -0.3 is 10.1 Å². The first-order chi connectivity index (χ1) is 12.3. The van der Waals surface area contributed by atoms with E-state index in [1.165, 1.54) is 13.1 Å². The van der Waals surface area contributed by atoms with E-state index in [9.17, 15) is 13.2 Å². The van der Waals surface area contributed by atoms with Gasteiger partial charge in [-0.15, -0.1) is 0 Å². The summed E-state index contributed by atoms with van der Waals surface area (Å²) < 4.78 is 32.4. The van der Waals surface area contributed by atoms with Crippen LogP contribution < -0.4 is 14.8 Å². The molecule has 0 aliphatic carbocycles. The van der Waals surface area contributed by atoms with E-state index in [4.69, 9.17) is 4.74 Å². The fourth-order valence-electron chi connectivity index (χ4n) is 2.45. The van der Waals surface area contributed by atoms with Crippen molar-refractivity contribution in [1.82, 2.24) is 4.72 Å². The molecule has 0 aromatic heterocycles. The highest BCUT2D eigenvalue weighted by Crippen LogP contribution is 2.26. The molecule has 26 heavy (non-hydrogen) atoms. The van der Waals surface area contributed by atoms with Gasteiger partial charge in [-0.25, -0.2) is 13.1 Å². The van der Waals surface area contributed by atoms with E-state index in [1.807, 2.05) is 13.0 Å². The Hall–Kier alpha value is -2.38. The lowest BCUT2D eigenvalue weighted by Gasteiger charge is -2.14. The minimum absolute atomic E-state index is 0.0978. The van der Waals surface area contributed by atoms with Crippen molar-refractivity contribution in [3.63, 3.8) is 0 Å². The average molecular weight is 376 g/mol. The molecule has 0 aliphatic rings. The number of hydrogen-bond acceptors (Lipinski definition) is 4. The molecule has 0 radical (unpaired) electrons. The summed E-state index contributed by atoms with van der Waals surface area (Å²) in [5.41, 5.74) is 2.15. The van der Waals surface area contributed by atoms with Crippen LogP contribution in [0.15, 0.2) is 41.3 Å². The molecule has 0 spiro atoms. The van der Waals surface area contributed by atoms with Crippen molar-refractivity contribution in [3.05, 3.63) is 53.1 Å². The second kappa shape index (κ2) is 8.33. The van der Waals surface area contributed by atoms with E-state index in [-0.39, 0.29) is 10.5 Å². The molecular weight excluding hydrogens is 352 g/mol. The van der Waals surface area contributed by atoms with Crippen LogP contribution in [-0.2, 0) is 10.0 Å². The molecule has 2 aromatic rings. The van der Waals surface area contributed by atoms with Crippen LogP contribution in [0.3, 0.4) is 0 Å². The van der Waals surface area contributed by atoms with Crippen molar-refractivity contribution in [2.45, 2.75) is 32.1 Å². The van der Waals surface area contributed by atoms with Crippen molar-refractivity contribution in [2.24, 2.45) is 0 Å². The molecule has 2 rings (SSSR count). The van der Waals surface area contributed by atoms with E-state index in [0.29, 0.717) is 23.6 Å². The monoisotopic (exact) mass is 376 g/mol. The molecule has 0 bridgehead atoms. The molecule has 0 heterocycles. The van der Waals surface area contributed by atoms with Crippen molar-refractivity contribution in [2.75, 3.05) is 19.0 Å². The summed E-state index contributed by atoms with van der Waals surface area (Å²) in [5, 5.41) is 2.80. The summed E-state index contributed by atoms with van der Waals surface area (Å²) in [6.07, 6.45) is 0.852. The second-order valence-corrected chi connectivity index (χ2v) is 7.78. The topological polar surface area (TPSA) is 84.5 Å². The van der Waals surface area contributed by atoms with Crippen LogP contribution in [0, 0.1) is 13.8 Å². The smallest absolute Gasteiger partial charge is 0.255 e. The number of amides is 1. The Morgan fingerprint density at radius 3 is 2.50 bits per heavy atom. The number of rotatable bonds is 7. The normalized spacial score (nSPS) is 11.2. The van der Waals surface area contributed by atoms with E-state index < -0.39 is 15.9 Å². The van der Waals surface area contributed by atoms with Crippen LogP contribution in [-0.4, -0.2) is 28.0 Å². The highest BCUT2D eigenvalue weighted by atomic mass is 32.2. The van der Waals surface area contributed by atoms with E-state index in [2.05, 4.69) is 10.0 Å². The van der Waals surface area contributed by atoms with Gasteiger partial charge in [0.15, 0.2) is 0 Å². The number of aryl methyl sites for hydroxylation is 1. The maximum atomic E-state index is 12.7. The molecule has 140 valence electrons. The number of hydrogen-bond donors (Lipinski definition) is 2. The van der Waals surface area contributed by atoms with E-state index in [0.717, 1.165) is 12.0 Å². The summed E-state index contributed by atoms with van der Waals surface area (Å²) in [7, 11) is -2.31. The van der Waals surface area contributed by atoms with Crippen LogP contribution in [0.4, 0.5) is 5.69 Å². The lowest BCUT2D eigenvalue weighted by Crippen LogP contribution is -2.21. The number of carbonyl (C=O) groups is 1. The first kappa shape index (κ1) is 19.9. The molecule has 0 fully saturated rings. The number of sulfonamides is 1. The van der Waals surface area contributed by atoms with Gasteiger partial charge in [0.25, 0.3) is 5.91 Å². The average Bonchev–Trinajstić information content (AvgIpc) is 2.62. The SMILES string of the molecule is CCCOc1ccccc1NC(=O)c1cc(C)c(C)c(S(=O)(=O)NC)c1. The zero-order valence-corrected chi connectivity index (χ0v) is 16.2. The van der Waals surface area contributed by atoms with Crippen molar-refractivity contribution in [1.29, 1.82) is 0 Å². The number of nitrogens with one attached hydrogen (secondary N) is 2. The summed E-state index contributed by atoms with van der Waals surface area (Å²) in [6.45, 7) is 6.04. The van der Waals surface area contributed by atoms with E-state index >= 15 is 0 Å². The maximum absolute atomic E-state index is 12.7. The molecule has 2 N–H and O–H groups in total. The van der Waals surface area contributed by atoms with Crippen LogP contribution in [0.1, 0.15) is 34.8 Å². The molecule has 1 amide bonds. The van der Waals surface area contributed by atoms with Crippen LogP contribution >= 0.6 is 0 Å². The number of ether oxygens (including phenoxy) is 1. The molecular formula is C19H24N2O4S. The Balaban J connectivity index is 2.37. The predicted molar refractivity (Wildman–Crippen MR) is 102 cm³/mol. The third kappa shape index (κ3) is 4.42. The first-order valence-electron chi connectivity index (χ1n) is 8.38. The molecule has 0 atom stereocenters.